The molecule has 1 saturated heterocycles. The van der Waals surface area contributed by atoms with Gasteiger partial charge in [-0.25, -0.2) is 0 Å². The minimum Gasteiger partial charge on any atom is -0.387 e. The molecule has 3 unspecified atom stereocenters. The summed E-state index contributed by atoms with van der Waals surface area (Å²) in [6.07, 6.45) is 4.71. The average molecular weight is 275 g/mol. The summed E-state index contributed by atoms with van der Waals surface area (Å²) in [7, 11) is 0. The fourth-order valence-corrected chi connectivity index (χ4v) is 3.54. The predicted octanol–water partition coefficient (Wildman–Crippen LogP) is 2.54. The summed E-state index contributed by atoms with van der Waals surface area (Å²) in [5.74, 6) is 0. The zero-order valence-electron chi connectivity index (χ0n) is 12.3. The lowest BCUT2D eigenvalue weighted by atomic mass is 10.0. The Balaban J connectivity index is 1.63. The highest BCUT2D eigenvalue weighted by atomic mass is 16.5. The second-order valence-corrected chi connectivity index (χ2v) is 6.01. The number of hydrogen-bond acceptors (Lipinski definition) is 3. The van der Waals surface area contributed by atoms with Crippen LogP contribution in [-0.2, 0) is 11.2 Å². The molecule has 1 aromatic rings. The molecule has 1 saturated carbocycles. The van der Waals surface area contributed by atoms with Gasteiger partial charge in [-0.2, -0.15) is 0 Å². The first-order valence-electron chi connectivity index (χ1n) is 7.90. The molecule has 0 bridgehead atoms. The zero-order chi connectivity index (χ0) is 13.9. The normalized spacial score (nSPS) is 28.3. The van der Waals surface area contributed by atoms with Crippen molar-refractivity contribution in [1.29, 1.82) is 0 Å². The third kappa shape index (κ3) is 2.90. The predicted molar refractivity (Wildman–Crippen MR) is 79.7 cm³/mol. The van der Waals surface area contributed by atoms with E-state index in [2.05, 4.69) is 36.1 Å². The third-order valence-corrected chi connectivity index (χ3v) is 4.78. The molecule has 0 aromatic heterocycles. The molecule has 3 heteroatoms. The van der Waals surface area contributed by atoms with Crippen molar-refractivity contribution in [2.45, 2.75) is 50.9 Å². The van der Waals surface area contributed by atoms with Crippen molar-refractivity contribution < 1.29 is 9.84 Å². The summed E-state index contributed by atoms with van der Waals surface area (Å²) in [5.41, 5.74) is 2.35. The first-order chi connectivity index (χ1) is 9.78. The molecule has 0 amide bonds. The summed E-state index contributed by atoms with van der Waals surface area (Å²) < 4.78 is 5.83. The molecule has 0 radical (unpaired) electrons. The summed E-state index contributed by atoms with van der Waals surface area (Å²) in [6, 6.07) is 8.90. The molecule has 1 aliphatic carbocycles. The van der Waals surface area contributed by atoms with E-state index >= 15 is 0 Å². The number of nitrogens with zero attached hydrogens (tertiary/aromatic N) is 1. The van der Waals surface area contributed by atoms with Gasteiger partial charge in [-0.05, 0) is 36.8 Å². The fraction of sp³-hybridized carbons (Fsp3) is 0.647. The number of fused-ring (bicyclic) bond motifs is 1. The van der Waals surface area contributed by atoms with Gasteiger partial charge in [-0.1, -0.05) is 31.2 Å². The van der Waals surface area contributed by atoms with Crippen molar-refractivity contribution in [3.05, 3.63) is 35.4 Å². The molecule has 2 aliphatic rings. The van der Waals surface area contributed by atoms with Crippen LogP contribution < -0.4 is 0 Å². The standard InChI is InChI=1S/C17H25NO2/c1-2-13-6-8-14(9-7-13)16(19)12-18-10-11-20-17-5-3-4-15(17)18/h6-9,15-17,19H,2-5,10-12H2,1H3. The molecule has 110 valence electrons. The Morgan fingerprint density at radius 1 is 1.30 bits per heavy atom. The smallest absolute Gasteiger partial charge is 0.0917 e. The maximum absolute atomic E-state index is 10.5. The number of aryl methyl sites for hydroxylation is 1. The lowest BCUT2D eigenvalue weighted by Gasteiger charge is -2.38. The molecule has 3 rings (SSSR count). The van der Waals surface area contributed by atoms with Crippen LogP contribution in [0.15, 0.2) is 24.3 Å². The minimum absolute atomic E-state index is 0.389. The molecule has 0 spiro atoms. The van der Waals surface area contributed by atoms with Crippen LogP contribution in [0.5, 0.6) is 0 Å². The Morgan fingerprint density at radius 2 is 2.10 bits per heavy atom. The number of aliphatic hydroxyl groups is 1. The number of aliphatic hydroxyl groups excluding tert-OH is 1. The van der Waals surface area contributed by atoms with E-state index in [4.69, 9.17) is 4.74 Å². The van der Waals surface area contributed by atoms with E-state index in [9.17, 15) is 5.11 Å². The van der Waals surface area contributed by atoms with Gasteiger partial charge in [0.15, 0.2) is 0 Å². The first-order valence-corrected chi connectivity index (χ1v) is 7.90. The second kappa shape index (κ2) is 6.25. The van der Waals surface area contributed by atoms with E-state index in [-0.39, 0.29) is 6.10 Å². The summed E-state index contributed by atoms with van der Waals surface area (Å²) >= 11 is 0. The highest BCUT2D eigenvalue weighted by Gasteiger charge is 2.36. The first kappa shape index (κ1) is 14.1. The molecule has 1 aromatic carbocycles. The molecule has 1 N–H and O–H groups in total. The minimum atomic E-state index is -0.389. The number of rotatable bonds is 4. The molecule has 1 aliphatic heterocycles. The van der Waals surface area contributed by atoms with E-state index in [0.717, 1.165) is 31.7 Å². The van der Waals surface area contributed by atoms with Gasteiger partial charge in [0.05, 0.1) is 18.8 Å². The lowest BCUT2D eigenvalue weighted by Crippen LogP contribution is -2.49. The van der Waals surface area contributed by atoms with Crippen LogP contribution in [0, 0.1) is 0 Å². The number of hydrogen-bond donors (Lipinski definition) is 1. The quantitative estimate of drug-likeness (QED) is 0.916. The van der Waals surface area contributed by atoms with Crippen molar-refractivity contribution in [3.8, 4) is 0 Å². The fourth-order valence-electron chi connectivity index (χ4n) is 3.54. The van der Waals surface area contributed by atoms with Gasteiger partial charge in [0, 0.05) is 19.1 Å². The van der Waals surface area contributed by atoms with Gasteiger partial charge in [-0.15, -0.1) is 0 Å². The van der Waals surface area contributed by atoms with E-state index in [0.29, 0.717) is 12.1 Å². The van der Waals surface area contributed by atoms with E-state index in [1.165, 1.54) is 24.8 Å². The molecule has 20 heavy (non-hydrogen) atoms. The van der Waals surface area contributed by atoms with Crippen LogP contribution in [0.4, 0.5) is 0 Å². The number of ether oxygens (including phenoxy) is 1. The van der Waals surface area contributed by atoms with Gasteiger partial charge in [0.2, 0.25) is 0 Å². The van der Waals surface area contributed by atoms with Crippen molar-refractivity contribution in [2.24, 2.45) is 0 Å². The van der Waals surface area contributed by atoms with E-state index < -0.39 is 0 Å². The van der Waals surface area contributed by atoms with Gasteiger partial charge in [0.25, 0.3) is 0 Å². The van der Waals surface area contributed by atoms with Crippen LogP contribution in [0.2, 0.25) is 0 Å². The van der Waals surface area contributed by atoms with Crippen molar-refractivity contribution in [2.75, 3.05) is 19.7 Å². The number of β-amino-alcohol motifs (C(OH)–C–C–N with tert-alkyl or cyclic N) is 1. The lowest BCUT2D eigenvalue weighted by molar-refractivity contribution is -0.0675. The van der Waals surface area contributed by atoms with Crippen LogP contribution in [0.25, 0.3) is 0 Å². The third-order valence-electron chi connectivity index (χ3n) is 4.78. The monoisotopic (exact) mass is 275 g/mol. The van der Waals surface area contributed by atoms with Gasteiger partial charge >= 0.3 is 0 Å². The Bertz CT molecular complexity index is 431. The molecule has 2 fully saturated rings. The van der Waals surface area contributed by atoms with Crippen molar-refractivity contribution in [1.82, 2.24) is 4.90 Å². The summed E-state index contributed by atoms with van der Waals surface area (Å²) in [4.78, 5) is 2.43. The Hall–Kier alpha value is -0.900. The van der Waals surface area contributed by atoms with E-state index in [1.807, 2.05) is 0 Å². The average Bonchev–Trinajstić information content (AvgIpc) is 2.97. The topological polar surface area (TPSA) is 32.7 Å². The maximum atomic E-state index is 10.5. The number of morpholine rings is 1. The molecule has 3 nitrogen and oxygen atoms in total. The Kier molecular flexibility index (Phi) is 4.39. The van der Waals surface area contributed by atoms with E-state index in [1.54, 1.807) is 0 Å². The largest absolute Gasteiger partial charge is 0.387 e. The van der Waals surface area contributed by atoms with Crippen LogP contribution in [0.3, 0.4) is 0 Å². The summed E-state index contributed by atoms with van der Waals surface area (Å²) in [6.45, 7) is 4.64. The van der Waals surface area contributed by atoms with Crippen LogP contribution >= 0.6 is 0 Å². The number of benzene rings is 1. The summed E-state index contributed by atoms with van der Waals surface area (Å²) in [5, 5.41) is 10.5. The van der Waals surface area contributed by atoms with Gasteiger partial charge in [0.1, 0.15) is 0 Å². The maximum Gasteiger partial charge on any atom is 0.0917 e. The van der Waals surface area contributed by atoms with Gasteiger partial charge < -0.3 is 9.84 Å². The zero-order valence-corrected chi connectivity index (χ0v) is 12.3. The van der Waals surface area contributed by atoms with Gasteiger partial charge in [-0.3, -0.25) is 4.90 Å². The van der Waals surface area contributed by atoms with Crippen molar-refractivity contribution >= 4 is 0 Å². The molecule has 1 heterocycles. The van der Waals surface area contributed by atoms with Crippen LogP contribution in [-0.4, -0.2) is 41.8 Å². The molecular weight excluding hydrogens is 250 g/mol. The molecular formula is C17H25NO2. The Morgan fingerprint density at radius 3 is 2.85 bits per heavy atom. The van der Waals surface area contributed by atoms with Crippen molar-refractivity contribution in [3.63, 3.8) is 0 Å². The molecule has 3 atom stereocenters. The van der Waals surface area contributed by atoms with Crippen LogP contribution in [0.1, 0.15) is 43.4 Å². The SMILES string of the molecule is CCc1ccc(C(O)CN2CCOC3CCCC32)cc1. The Labute approximate surface area is 121 Å². The highest BCUT2D eigenvalue weighted by Crippen LogP contribution is 2.30. The highest BCUT2D eigenvalue weighted by molar-refractivity contribution is 5.24. The second-order valence-electron chi connectivity index (χ2n) is 6.01.